The van der Waals surface area contributed by atoms with Crippen LogP contribution in [-0.2, 0) is 20.9 Å². The van der Waals surface area contributed by atoms with Crippen LogP contribution in [0.2, 0.25) is 0 Å². The first-order valence-electron chi connectivity index (χ1n) is 9.32. The molecule has 0 spiro atoms. The lowest BCUT2D eigenvalue weighted by molar-refractivity contribution is -0.145. The summed E-state index contributed by atoms with van der Waals surface area (Å²) in [5.74, 6) is 0.112. The number of hydrogen-bond acceptors (Lipinski definition) is 6. The van der Waals surface area contributed by atoms with Crippen molar-refractivity contribution in [3.8, 4) is 11.5 Å². The Hall–Kier alpha value is -3.22. The minimum atomic E-state index is -0.477. The van der Waals surface area contributed by atoms with Gasteiger partial charge in [-0.25, -0.2) is 4.79 Å². The quantitative estimate of drug-likeness (QED) is 0.695. The topological polar surface area (TPSA) is 74.3 Å². The van der Waals surface area contributed by atoms with Crippen LogP contribution in [0.15, 0.2) is 48.5 Å². The zero-order valence-corrected chi connectivity index (χ0v) is 16.8. The molecule has 1 amide bonds. The molecule has 2 aromatic carbocycles. The van der Waals surface area contributed by atoms with E-state index in [0.717, 1.165) is 11.1 Å². The van der Waals surface area contributed by atoms with Crippen LogP contribution in [0, 0.1) is 5.92 Å². The third-order valence-corrected chi connectivity index (χ3v) is 5.11. The summed E-state index contributed by atoms with van der Waals surface area (Å²) in [5.41, 5.74) is 1.90. The first-order chi connectivity index (χ1) is 14.1. The van der Waals surface area contributed by atoms with E-state index in [0.29, 0.717) is 24.7 Å². The van der Waals surface area contributed by atoms with Gasteiger partial charge in [-0.05, 0) is 23.3 Å². The van der Waals surface area contributed by atoms with E-state index in [1.165, 1.54) is 19.1 Å². The van der Waals surface area contributed by atoms with Gasteiger partial charge in [-0.15, -0.1) is 0 Å². The Kier molecular flexibility index (Phi) is 6.59. The van der Waals surface area contributed by atoms with Gasteiger partial charge in [0.15, 0.2) is 11.5 Å². The molecule has 1 aliphatic rings. The maximum Gasteiger partial charge on any atom is 0.409 e. The second kappa shape index (κ2) is 9.32. The molecule has 0 aromatic heterocycles. The maximum absolute atomic E-state index is 12.3. The van der Waals surface area contributed by atoms with Gasteiger partial charge in [-0.3, -0.25) is 4.79 Å². The van der Waals surface area contributed by atoms with Crippen LogP contribution in [0.3, 0.4) is 0 Å². The van der Waals surface area contributed by atoms with E-state index in [1.54, 1.807) is 7.11 Å². The van der Waals surface area contributed by atoms with E-state index in [4.69, 9.17) is 18.9 Å². The van der Waals surface area contributed by atoms with E-state index in [-0.39, 0.29) is 18.4 Å². The molecular formula is C22H25NO6. The fraction of sp³-hybridized carbons (Fsp3) is 0.364. The molecule has 29 heavy (non-hydrogen) atoms. The van der Waals surface area contributed by atoms with Crippen LogP contribution in [0.25, 0.3) is 0 Å². The Morgan fingerprint density at radius 3 is 2.38 bits per heavy atom. The van der Waals surface area contributed by atoms with E-state index in [2.05, 4.69) is 0 Å². The number of esters is 1. The number of ether oxygens (including phenoxy) is 4. The molecule has 0 saturated carbocycles. The van der Waals surface area contributed by atoms with E-state index >= 15 is 0 Å². The molecule has 2 aromatic rings. The van der Waals surface area contributed by atoms with Crippen LogP contribution in [-0.4, -0.2) is 51.4 Å². The Balaban J connectivity index is 1.86. The Morgan fingerprint density at radius 1 is 0.966 bits per heavy atom. The number of carbonyl (C=O) groups excluding carboxylic acids is 2. The van der Waals surface area contributed by atoms with Crippen molar-refractivity contribution in [2.45, 2.75) is 12.5 Å². The first kappa shape index (κ1) is 20.5. The van der Waals surface area contributed by atoms with Crippen molar-refractivity contribution < 1.29 is 28.5 Å². The van der Waals surface area contributed by atoms with E-state index < -0.39 is 12.0 Å². The predicted molar refractivity (Wildman–Crippen MR) is 106 cm³/mol. The van der Waals surface area contributed by atoms with Crippen molar-refractivity contribution in [1.29, 1.82) is 0 Å². The summed E-state index contributed by atoms with van der Waals surface area (Å²) in [4.78, 5) is 25.8. The summed E-state index contributed by atoms with van der Waals surface area (Å²) in [6, 6.07) is 15.4. The standard InChI is InChI=1S/C22H25NO6/c1-26-19-10-9-16(11-20(19)29-14-15-7-5-4-6-8-15)17-12-23(22(25)28-3)13-18(17)21(24)27-2/h4-11,17-18H,12-14H2,1-3H3. The van der Waals surface area contributed by atoms with Gasteiger partial charge in [0.25, 0.3) is 0 Å². The molecule has 1 aliphatic heterocycles. The highest BCUT2D eigenvalue weighted by Crippen LogP contribution is 2.38. The molecule has 7 nitrogen and oxygen atoms in total. The number of hydrogen-bond donors (Lipinski definition) is 0. The van der Waals surface area contributed by atoms with Gasteiger partial charge in [0.2, 0.25) is 0 Å². The normalized spacial score (nSPS) is 18.2. The molecule has 1 heterocycles. The second-order valence-electron chi connectivity index (χ2n) is 6.80. The van der Waals surface area contributed by atoms with E-state index in [9.17, 15) is 9.59 Å². The highest BCUT2D eigenvalue weighted by atomic mass is 16.5. The van der Waals surface area contributed by atoms with Gasteiger partial charge in [-0.1, -0.05) is 36.4 Å². The van der Waals surface area contributed by atoms with Crippen molar-refractivity contribution in [3.05, 3.63) is 59.7 Å². The van der Waals surface area contributed by atoms with Crippen molar-refractivity contribution in [3.63, 3.8) is 0 Å². The SMILES string of the molecule is COC(=O)C1CN(C(=O)OC)CC1c1ccc(OC)c(OCc2ccccc2)c1. The predicted octanol–water partition coefficient (Wildman–Crippen LogP) is 3.23. The van der Waals surface area contributed by atoms with Crippen LogP contribution in [0.5, 0.6) is 11.5 Å². The molecule has 1 fully saturated rings. The van der Waals surface area contributed by atoms with Crippen molar-refractivity contribution in [2.75, 3.05) is 34.4 Å². The third-order valence-electron chi connectivity index (χ3n) is 5.11. The lowest BCUT2D eigenvalue weighted by atomic mass is 9.89. The van der Waals surface area contributed by atoms with Gasteiger partial charge in [0.1, 0.15) is 6.61 Å². The molecular weight excluding hydrogens is 374 g/mol. The van der Waals surface area contributed by atoms with Crippen LogP contribution in [0.1, 0.15) is 17.0 Å². The van der Waals surface area contributed by atoms with Gasteiger partial charge in [0, 0.05) is 19.0 Å². The van der Waals surface area contributed by atoms with Gasteiger partial charge >= 0.3 is 12.1 Å². The molecule has 0 radical (unpaired) electrons. The molecule has 2 atom stereocenters. The molecule has 0 N–H and O–H groups in total. The van der Waals surface area contributed by atoms with E-state index in [1.807, 2.05) is 48.5 Å². The summed E-state index contributed by atoms with van der Waals surface area (Å²) in [5, 5.41) is 0. The number of carbonyl (C=O) groups is 2. The van der Waals surface area contributed by atoms with Gasteiger partial charge in [-0.2, -0.15) is 0 Å². The van der Waals surface area contributed by atoms with Crippen molar-refractivity contribution in [2.24, 2.45) is 5.92 Å². The molecule has 3 rings (SSSR count). The zero-order valence-electron chi connectivity index (χ0n) is 16.8. The minimum absolute atomic E-state index is 0.230. The molecule has 7 heteroatoms. The largest absolute Gasteiger partial charge is 0.493 e. The lowest BCUT2D eigenvalue weighted by Gasteiger charge is -2.19. The summed E-state index contributed by atoms with van der Waals surface area (Å²) >= 11 is 0. The van der Waals surface area contributed by atoms with Crippen LogP contribution >= 0.6 is 0 Å². The summed E-state index contributed by atoms with van der Waals surface area (Å²) in [6.45, 7) is 0.993. The highest BCUT2D eigenvalue weighted by molar-refractivity contribution is 5.77. The van der Waals surface area contributed by atoms with Crippen LogP contribution in [0.4, 0.5) is 4.79 Å². The summed E-state index contributed by atoms with van der Waals surface area (Å²) in [6.07, 6.45) is -0.463. The Morgan fingerprint density at radius 2 is 1.72 bits per heavy atom. The smallest absolute Gasteiger partial charge is 0.409 e. The number of rotatable bonds is 6. The average Bonchev–Trinajstić information content (AvgIpc) is 3.22. The molecule has 2 unspecified atom stereocenters. The molecule has 0 bridgehead atoms. The number of nitrogens with zero attached hydrogens (tertiary/aromatic N) is 1. The lowest BCUT2D eigenvalue weighted by Crippen LogP contribution is -2.29. The molecule has 1 saturated heterocycles. The first-order valence-corrected chi connectivity index (χ1v) is 9.32. The number of likely N-dealkylation sites (tertiary alicyclic amines) is 1. The number of methoxy groups -OCH3 is 3. The third kappa shape index (κ3) is 4.62. The summed E-state index contributed by atoms with van der Waals surface area (Å²) in [7, 11) is 4.25. The molecule has 0 aliphatic carbocycles. The highest BCUT2D eigenvalue weighted by Gasteiger charge is 2.41. The average molecular weight is 399 g/mol. The Bertz CT molecular complexity index is 854. The fourth-order valence-corrected chi connectivity index (χ4v) is 3.58. The minimum Gasteiger partial charge on any atom is -0.493 e. The number of amides is 1. The zero-order chi connectivity index (χ0) is 20.8. The van der Waals surface area contributed by atoms with Crippen molar-refractivity contribution >= 4 is 12.1 Å². The number of benzene rings is 2. The van der Waals surface area contributed by atoms with Gasteiger partial charge in [0.05, 0.1) is 27.2 Å². The Labute approximate surface area is 170 Å². The van der Waals surface area contributed by atoms with Gasteiger partial charge < -0.3 is 23.8 Å². The van der Waals surface area contributed by atoms with Crippen molar-refractivity contribution in [1.82, 2.24) is 4.90 Å². The fourth-order valence-electron chi connectivity index (χ4n) is 3.58. The van der Waals surface area contributed by atoms with Crippen LogP contribution < -0.4 is 9.47 Å². The summed E-state index contributed by atoms with van der Waals surface area (Å²) < 4.78 is 21.2. The second-order valence-corrected chi connectivity index (χ2v) is 6.80. The maximum atomic E-state index is 12.3. The molecule has 154 valence electrons. The monoisotopic (exact) mass is 399 g/mol.